The molecule has 1 N–H and O–H groups in total. The monoisotopic (exact) mass is 265 g/mol. The van der Waals surface area contributed by atoms with Crippen LogP contribution in [0.15, 0.2) is 24.3 Å². The molecule has 1 saturated carbocycles. The van der Waals surface area contributed by atoms with E-state index in [1.807, 2.05) is 0 Å². The van der Waals surface area contributed by atoms with E-state index in [-0.39, 0.29) is 18.2 Å². The fourth-order valence-corrected chi connectivity index (χ4v) is 2.38. The van der Waals surface area contributed by atoms with Crippen molar-refractivity contribution >= 4 is 5.78 Å². The van der Waals surface area contributed by atoms with Gasteiger partial charge in [0, 0.05) is 19.0 Å². The molecular formula is C15H20FNO2. The molecule has 0 saturated heterocycles. The molecule has 1 aromatic carbocycles. The highest BCUT2D eigenvalue weighted by molar-refractivity contribution is 5.82. The third kappa shape index (κ3) is 4.11. The summed E-state index contributed by atoms with van der Waals surface area (Å²) in [4.78, 5) is 14.1. The smallest absolute Gasteiger partial charge is 0.151 e. The van der Waals surface area contributed by atoms with E-state index >= 15 is 0 Å². The number of benzene rings is 1. The van der Waals surface area contributed by atoms with Gasteiger partial charge in [0.1, 0.15) is 5.82 Å². The molecule has 104 valence electrons. The zero-order chi connectivity index (χ0) is 13.7. The number of ketones is 1. The van der Waals surface area contributed by atoms with Crippen molar-refractivity contribution in [2.45, 2.75) is 31.7 Å². The van der Waals surface area contributed by atoms with Crippen LogP contribution in [-0.2, 0) is 11.2 Å². The van der Waals surface area contributed by atoms with Gasteiger partial charge in [0.15, 0.2) is 5.78 Å². The summed E-state index contributed by atoms with van der Waals surface area (Å²) in [6.45, 7) is 1.02. The molecule has 0 aliphatic heterocycles. The Morgan fingerprint density at radius 1 is 1.32 bits per heavy atom. The molecule has 0 bridgehead atoms. The third-order valence-corrected chi connectivity index (χ3v) is 3.67. The molecule has 1 aromatic rings. The molecule has 0 heterocycles. The van der Waals surface area contributed by atoms with Gasteiger partial charge in [-0.15, -0.1) is 0 Å². The molecule has 1 aliphatic carbocycles. The van der Waals surface area contributed by atoms with Crippen molar-refractivity contribution in [2.24, 2.45) is 0 Å². The van der Waals surface area contributed by atoms with Gasteiger partial charge in [-0.2, -0.15) is 0 Å². The van der Waals surface area contributed by atoms with E-state index in [4.69, 9.17) is 5.11 Å². The molecule has 4 heteroatoms. The van der Waals surface area contributed by atoms with E-state index in [9.17, 15) is 9.18 Å². The Kier molecular flexibility index (Phi) is 5.05. The lowest BCUT2D eigenvalue weighted by atomic mass is 9.91. The summed E-state index contributed by atoms with van der Waals surface area (Å²) in [5.74, 6) is -0.167. The summed E-state index contributed by atoms with van der Waals surface area (Å²) < 4.78 is 12.8. The summed E-state index contributed by atoms with van der Waals surface area (Å²) in [5, 5.41) is 9.04. The van der Waals surface area contributed by atoms with E-state index in [0.717, 1.165) is 18.4 Å². The van der Waals surface area contributed by atoms with Crippen LogP contribution in [0, 0.1) is 5.82 Å². The molecule has 3 nitrogen and oxygen atoms in total. The number of nitrogens with zero attached hydrogens (tertiary/aromatic N) is 1. The van der Waals surface area contributed by atoms with Gasteiger partial charge in [-0.1, -0.05) is 18.6 Å². The van der Waals surface area contributed by atoms with Crippen molar-refractivity contribution in [3.8, 4) is 0 Å². The summed E-state index contributed by atoms with van der Waals surface area (Å²) in [6.07, 6.45) is 3.77. The number of rotatable bonds is 7. The zero-order valence-corrected chi connectivity index (χ0v) is 11.0. The van der Waals surface area contributed by atoms with Crippen LogP contribution in [0.4, 0.5) is 4.39 Å². The number of halogens is 1. The molecule has 0 unspecified atom stereocenters. The second-order valence-electron chi connectivity index (χ2n) is 5.12. The standard InChI is InChI=1S/C15H20FNO2/c16-13-6-4-12(5-7-13)10-15(19)11-17(8-9-18)14-2-1-3-14/h4-7,14,18H,1-3,8-11H2. The van der Waals surface area contributed by atoms with Gasteiger partial charge in [0.2, 0.25) is 0 Å². The maximum Gasteiger partial charge on any atom is 0.151 e. The van der Waals surface area contributed by atoms with Crippen molar-refractivity contribution in [1.29, 1.82) is 0 Å². The van der Waals surface area contributed by atoms with E-state index in [1.165, 1.54) is 18.6 Å². The Bertz CT molecular complexity index is 415. The van der Waals surface area contributed by atoms with Crippen LogP contribution in [0.3, 0.4) is 0 Å². The molecule has 0 atom stereocenters. The number of carbonyl (C=O) groups is 1. The molecule has 0 aromatic heterocycles. The number of aliphatic hydroxyl groups is 1. The lowest BCUT2D eigenvalue weighted by Gasteiger charge is -2.36. The predicted octanol–water partition coefficient (Wildman–Crippen LogP) is 1.78. The van der Waals surface area contributed by atoms with Crippen LogP contribution >= 0.6 is 0 Å². The minimum atomic E-state index is -0.285. The predicted molar refractivity (Wildman–Crippen MR) is 71.4 cm³/mol. The van der Waals surface area contributed by atoms with Gasteiger partial charge in [0.05, 0.1) is 13.2 Å². The average Bonchev–Trinajstić information content (AvgIpc) is 2.30. The topological polar surface area (TPSA) is 40.5 Å². The van der Waals surface area contributed by atoms with Gasteiger partial charge in [-0.3, -0.25) is 9.69 Å². The number of hydrogen-bond donors (Lipinski definition) is 1. The lowest BCUT2D eigenvalue weighted by Crippen LogP contribution is -2.44. The van der Waals surface area contributed by atoms with Gasteiger partial charge >= 0.3 is 0 Å². The van der Waals surface area contributed by atoms with Crippen molar-refractivity contribution in [3.05, 3.63) is 35.6 Å². The van der Waals surface area contributed by atoms with Crippen LogP contribution in [0.2, 0.25) is 0 Å². The van der Waals surface area contributed by atoms with Gasteiger partial charge in [0.25, 0.3) is 0 Å². The van der Waals surface area contributed by atoms with E-state index in [2.05, 4.69) is 4.90 Å². The molecule has 1 fully saturated rings. The molecule has 0 spiro atoms. The molecular weight excluding hydrogens is 245 g/mol. The first-order valence-corrected chi connectivity index (χ1v) is 6.80. The van der Waals surface area contributed by atoms with Crippen molar-refractivity contribution in [3.63, 3.8) is 0 Å². The Morgan fingerprint density at radius 2 is 2.00 bits per heavy atom. The van der Waals surface area contributed by atoms with Gasteiger partial charge in [-0.25, -0.2) is 4.39 Å². The van der Waals surface area contributed by atoms with Crippen molar-refractivity contribution < 1.29 is 14.3 Å². The van der Waals surface area contributed by atoms with Crippen LogP contribution in [0.1, 0.15) is 24.8 Å². The Labute approximate surface area is 113 Å². The minimum absolute atomic E-state index is 0.0837. The minimum Gasteiger partial charge on any atom is -0.395 e. The second-order valence-corrected chi connectivity index (χ2v) is 5.12. The lowest BCUT2D eigenvalue weighted by molar-refractivity contribution is -0.120. The van der Waals surface area contributed by atoms with E-state index in [1.54, 1.807) is 12.1 Å². The maximum absolute atomic E-state index is 12.8. The average molecular weight is 265 g/mol. The quantitative estimate of drug-likeness (QED) is 0.817. The highest BCUT2D eigenvalue weighted by atomic mass is 19.1. The number of Topliss-reactive ketones (excluding diaryl/α,β-unsaturated/α-hetero) is 1. The summed E-state index contributed by atoms with van der Waals surface area (Å²) in [5.41, 5.74) is 0.837. The summed E-state index contributed by atoms with van der Waals surface area (Å²) in [6, 6.07) is 6.49. The fraction of sp³-hybridized carbons (Fsp3) is 0.533. The van der Waals surface area contributed by atoms with E-state index in [0.29, 0.717) is 25.6 Å². The maximum atomic E-state index is 12.8. The highest BCUT2D eigenvalue weighted by Gasteiger charge is 2.25. The molecule has 0 radical (unpaired) electrons. The molecule has 0 amide bonds. The normalized spacial score (nSPS) is 15.5. The van der Waals surface area contributed by atoms with Crippen LogP contribution in [0.25, 0.3) is 0 Å². The molecule has 1 aliphatic rings. The number of hydrogen-bond acceptors (Lipinski definition) is 3. The van der Waals surface area contributed by atoms with Crippen LogP contribution in [0.5, 0.6) is 0 Å². The van der Waals surface area contributed by atoms with Gasteiger partial charge in [-0.05, 0) is 30.5 Å². The molecule has 2 rings (SSSR count). The third-order valence-electron chi connectivity index (χ3n) is 3.67. The van der Waals surface area contributed by atoms with Crippen molar-refractivity contribution in [1.82, 2.24) is 4.90 Å². The zero-order valence-electron chi connectivity index (χ0n) is 11.0. The first-order chi connectivity index (χ1) is 9.19. The Hall–Kier alpha value is -1.26. The van der Waals surface area contributed by atoms with Crippen molar-refractivity contribution in [2.75, 3.05) is 19.7 Å². The Morgan fingerprint density at radius 3 is 2.53 bits per heavy atom. The SMILES string of the molecule is O=C(Cc1ccc(F)cc1)CN(CCO)C1CCC1. The second kappa shape index (κ2) is 6.78. The first kappa shape index (κ1) is 14.2. The summed E-state index contributed by atoms with van der Waals surface area (Å²) >= 11 is 0. The number of carbonyl (C=O) groups excluding carboxylic acids is 1. The fourth-order valence-electron chi connectivity index (χ4n) is 2.38. The number of aliphatic hydroxyl groups excluding tert-OH is 1. The van der Waals surface area contributed by atoms with E-state index < -0.39 is 0 Å². The summed E-state index contributed by atoms with van der Waals surface area (Å²) in [7, 11) is 0. The van der Waals surface area contributed by atoms with Crippen LogP contribution in [-0.4, -0.2) is 41.5 Å². The van der Waals surface area contributed by atoms with Gasteiger partial charge < -0.3 is 5.11 Å². The largest absolute Gasteiger partial charge is 0.395 e. The first-order valence-electron chi connectivity index (χ1n) is 6.80. The highest BCUT2D eigenvalue weighted by Crippen LogP contribution is 2.24. The van der Waals surface area contributed by atoms with Crippen LogP contribution < -0.4 is 0 Å². The Balaban J connectivity index is 1.86. The molecule has 19 heavy (non-hydrogen) atoms.